The number of nitrogens with zero attached hydrogens (tertiary/aromatic N) is 5. The number of pyridine rings is 1. The summed E-state index contributed by atoms with van der Waals surface area (Å²) >= 11 is 0. The Kier molecular flexibility index (Phi) is 5.42. The molecular weight excluding hydrogens is 316 g/mol. The molecule has 0 saturated carbocycles. The molecule has 0 atom stereocenters. The predicted molar refractivity (Wildman–Crippen MR) is 98.1 cm³/mol. The average Bonchev–Trinajstić information content (AvgIpc) is 2.66. The van der Waals surface area contributed by atoms with E-state index in [0.717, 1.165) is 50.1 Å². The highest BCUT2D eigenvalue weighted by atomic mass is 16.1. The standard InChI is InChI=1S/C18H24N6O/c1-3-7-20-18(25)15-4-5-16(21-13-15)23-9-11-24(12-10-23)17-6-8-19-14(2)22-17/h4-6,8,13H,3,7,9-12H2,1-2H3,(H,20,25). The van der Waals surface area contributed by atoms with Crippen LogP contribution in [0, 0.1) is 6.92 Å². The fraction of sp³-hybridized carbons (Fsp3) is 0.444. The first-order valence-electron chi connectivity index (χ1n) is 8.71. The molecule has 0 bridgehead atoms. The fourth-order valence-corrected chi connectivity index (χ4v) is 2.83. The van der Waals surface area contributed by atoms with Gasteiger partial charge < -0.3 is 15.1 Å². The second-order valence-electron chi connectivity index (χ2n) is 6.10. The van der Waals surface area contributed by atoms with Crippen LogP contribution < -0.4 is 15.1 Å². The Balaban J connectivity index is 1.58. The van der Waals surface area contributed by atoms with Crippen LogP contribution in [0.4, 0.5) is 11.6 Å². The van der Waals surface area contributed by atoms with Gasteiger partial charge in [-0.3, -0.25) is 4.79 Å². The van der Waals surface area contributed by atoms with Gasteiger partial charge in [-0.2, -0.15) is 0 Å². The van der Waals surface area contributed by atoms with Crippen LogP contribution in [0.5, 0.6) is 0 Å². The normalized spacial score (nSPS) is 14.5. The lowest BCUT2D eigenvalue weighted by molar-refractivity contribution is 0.0953. The Morgan fingerprint density at radius 1 is 1.08 bits per heavy atom. The van der Waals surface area contributed by atoms with Gasteiger partial charge in [0.15, 0.2) is 0 Å². The molecule has 2 aromatic heterocycles. The zero-order valence-corrected chi connectivity index (χ0v) is 14.8. The maximum absolute atomic E-state index is 11.9. The van der Waals surface area contributed by atoms with Crippen LogP contribution in [0.3, 0.4) is 0 Å². The molecule has 7 nitrogen and oxygen atoms in total. The van der Waals surface area contributed by atoms with Gasteiger partial charge in [0.05, 0.1) is 5.56 Å². The van der Waals surface area contributed by atoms with Crippen LogP contribution in [0.1, 0.15) is 29.5 Å². The van der Waals surface area contributed by atoms with Crippen molar-refractivity contribution >= 4 is 17.5 Å². The van der Waals surface area contributed by atoms with Gasteiger partial charge in [-0.25, -0.2) is 15.0 Å². The summed E-state index contributed by atoms with van der Waals surface area (Å²) in [6.07, 6.45) is 4.38. The van der Waals surface area contributed by atoms with Crippen molar-refractivity contribution in [3.63, 3.8) is 0 Å². The highest BCUT2D eigenvalue weighted by molar-refractivity contribution is 5.94. The van der Waals surface area contributed by atoms with Crippen LogP contribution in [0.25, 0.3) is 0 Å². The molecule has 1 aliphatic heterocycles. The first kappa shape index (κ1) is 17.1. The molecule has 0 spiro atoms. The van der Waals surface area contributed by atoms with E-state index in [0.29, 0.717) is 12.1 Å². The molecule has 1 N–H and O–H groups in total. The van der Waals surface area contributed by atoms with Crippen molar-refractivity contribution in [3.05, 3.63) is 42.0 Å². The summed E-state index contributed by atoms with van der Waals surface area (Å²) in [5.74, 6) is 2.61. The van der Waals surface area contributed by atoms with E-state index in [-0.39, 0.29) is 5.91 Å². The molecule has 132 valence electrons. The molecule has 0 unspecified atom stereocenters. The van der Waals surface area contributed by atoms with Crippen LogP contribution >= 0.6 is 0 Å². The smallest absolute Gasteiger partial charge is 0.252 e. The van der Waals surface area contributed by atoms with E-state index < -0.39 is 0 Å². The van der Waals surface area contributed by atoms with Gasteiger partial charge >= 0.3 is 0 Å². The molecule has 0 aromatic carbocycles. The number of piperazine rings is 1. The first-order chi connectivity index (χ1) is 12.2. The molecule has 1 saturated heterocycles. The Morgan fingerprint density at radius 3 is 2.40 bits per heavy atom. The number of anilines is 2. The van der Waals surface area contributed by atoms with E-state index in [4.69, 9.17) is 0 Å². The van der Waals surface area contributed by atoms with Crippen molar-refractivity contribution in [2.45, 2.75) is 20.3 Å². The van der Waals surface area contributed by atoms with Gasteiger partial charge in [-0.15, -0.1) is 0 Å². The number of rotatable bonds is 5. The van der Waals surface area contributed by atoms with Crippen LogP contribution in [-0.4, -0.2) is 53.6 Å². The number of nitrogens with one attached hydrogen (secondary N) is 1. The second-order valence-corrected chi connectivity index (χ2v) is 6.10. The molecule has 1 aliphatic rings. The summed E-state index contributed by atoms with van der Waals surface area (Å²) in [4.78, 5) is 29.5. The van der Waals surface area contributed by atoms with Gasteiger partial charge in [0, 0.05) is 45.1 Å². The van der Waals surface area contributed by atoms with E-state index in [1.54, 1.807) is 12.4 Å². The number of hydrogen-bond donors (Lipinski definition) is 1. The van der Waals surface area contributed by atoms with Crippen molar-refractivity contribution in [3.8, 4) is 0 Å². The highest BCUT2D eigenvalue weighted by Gasteiger charge is 2.19. The van der Waals surface area contributed by atoms with Crippen molar-refractivity contribution in [2.75, 3.05) is 42.5 Å². The SMILES string of the molecule is CCCNC(=O)c1ccc(N2CCN(c3ccnc(C)n3)CC2)nc1. The monoisotopic (exact) mass is 340 g/mol. The molecule has 0 aliphatic carbocycles. The van der Waals surface area contributed by atoms with Crippen LogP contribution in [0.2, 0.25) is 0 Å². The Labute approximate surface area is 148 Å². The molecule has 0 radical (unpaired) electrons. The summed E-state index contributed by atoms with van der Waals surface area (Å²) < 4.78 is 0. The van der Waals surface area contributed by atoms with E-state index in [9.17, 15) is 4.79 Å². The maximum atomic E-state index is 11.9. The van der Waals surface area contributed by atoms with E-state index in [2.05, 4.69) is 30.1 Å². The van der Waals surface area contributed by atoms with Gasteiger partial charge in [0.25, 0.3) is 5.91 Å². The summed E-state index contributed by atoms with van der Waals surface area (Å²) in [6.45, 7) is 8.14. The molecule has 7 heteroatoms. The lowest BCUT2D eigenvalue weighted by atomic mass is 10.2. The topological polar surface area (TPSA) is 74.2 Å². The summed E-state index contributed by atoms with van der Waals surface area (Å²) in [5.41, 5.74) is 0.604. The fourth-order valence-electron chi connectivity index (χ4n) is 2.83. The zero-order valence-electron chi connectivity index (χ0n) is 14.8. The third-order valence-corrected chi connectivity index (χ3v) is 4.23. The molecule has 25 heavy (non-hydrogen) atoms. The minimum atomic E-state index is -0.0650. The number of carbonyl (C=O) groups excluding carboxylic acids is 1. The molecule has 2 aromatic rings. The molecule has 3 heterocycles. The minimum Gasteiger partial charge on any atom is -0.353 e. The van der Waals surface area contributed by atoms with E-state index in [1.807, 2.05) is 32.0 Å². The third kappa shape index (κ3) is 4.23. The number of hydrogen-bond acceptors (Lipinski definition) is 6. The molecular formula is C18H24N6O. The summed E-state index contributed by atoms with van der Waals surface area (Å²) in [5, 5.41) is 2.86. The number of amides is 1. The van der Waals surface area contributed by atoms with E-state index in [1.165, 1.54) is 0 Å². The van der Waals surface area contributed by atoms with Gasteiger partial charge in [-0.05, 0) is 31.5 Å². The van der Waals surface area contributed by atoms with Crippen molar-refractivity contribution in [1.29, 1.82) is 0 Å². The number of aromatic nitrogens is 3. The van der Waals surface area contributed by atoms with Crippen LogP contribution in [0.15, 0.2) is 30.6 Å². The highest BCUT2D eigenvalue weighted by Crippen LogP contribution is 2.17. The summed E-state index contributed by atoms with van der Waals surface area (Å²) in [7, 11) is 0. The van der Waals surface area contributed by atoms with Crippen LogP contribution in [-0.2, 0) is 0 Å². The average molecular weight is 340 g/mol. The second kappa shape index (κ2) is 7.92. The number of aryl methyl sites for hydroxylation is 1. The predicted octanol–water partition coefficient (Wildman–Crippen LogP) is 1.65. The maximum Gasteiger partial charge on any atom is 0.252 e. The summed E-state index contributed by atoms with van der Waals surface area (Å²) in [6, 6.07) is 5.71. The molecule has 3 rings (SSSR count). The van der Waals surface area contributed by atoms with Crippen molar-refractivity contribution in [1.82, 2.24) is 20.3 Å². The van der Waals surface area contributed by atoms with Gasteiger partial charge in [-0.1, -0.05) is 6.92 Å². The Morgan fingerprint density at radius 2 is 1.80 bits per heavy atom. The quantitative estimate of drug-likeness (QED) is 0.892. The molecule has 1 amide bonds. The largest absolute Gasteiger partial charge is 0.353 e. The lowest BCUT2D eigenvalue weighted by Gasteiger charge is -2.36. The zero-order chi connectivity index (χ0) is 17.6. The Bertz CT molecular complexity index is 710. The minimum absolute atomic E-state index is 0.0650. The van der Waals surface area contributed by atoms with Crippen molar-refractivity contribution < 1.29 is 4.79 Å². The lowest BCUT2D eigenvalue weighted by Crippen LogP contribution is -2.47. The molecule has 1 fully saturated rings. The third-order valence-electron chi connectivity index (χ3n) is 4.23. The van der Waals surface area contributed by atoms with Gasteiger partial charge in [0.2, 0.25) is 0 Å². The van der Waals surface area contributed by atoms with Gasteiger partial charge in [0.1, 0.15) is 17.5 Å². The van der Waals surface area contributed by atoms with E-state index >= 15 is 0 Å². The number of carbonyl (C=O) groups is 1. The Hall–Kier alpha value is -2.70. The first-order valence-corrected chi connectivity index (χ1v) is 8.71. The van der Waals surface area contributed by atoms with Crippen molar-refractivity contribution in [2.24, 2.45) is 0 Å².